The van der Waals surface area contributed by atoms with Gasteiger partial charge in [0.15, 0.2) is 5.13 Å². The van der Waals surface area contributed by atoms with Gasteiger partial charge in [-0.25, -0.2) is 18.2 Å². The van der Waals surface area contributed by atoms with Gasteiger partial charge in [0, 0.05) is 5.56 Å². The molecule has 1 aromatic heterocycles. The Morgan fingerprint density at radius 2 is 1.61 bits per heavy atom. The van der Waals surface area contributed by atoms with Gasteiger partial charge in [-0.1, -0.05) is 23.5 Å². The summed E-state index contributed by atoms with van der Waals surface area (Å²) in [5.41, 5.74) is 0.461. The van der Waals surface area contributed by atoms with Crippen LogP contribution in [0.25, 0.3) is 16.0 Å². The molecule has 1 fully saturated rings. The van der Waals surface area contributed by atoms with E-state index in [1.165, 1.54) is 48.5 Å². The van der Waals surface area contributed by atoms with Gasteiger partial charge in [-0.05, 0) is 60.2 Å². The standard InChI is InChI=1S/C24H13F3N2O3S/c25-14-6-4-12(5-7-14)21(30)19-20(13-2-1-3-15(26)10-13)29(23(32)22(19)31)24-28-17-9-8-16(27)11-18(17)33-24/h1-11,20,30H/b21-19+. The van der Waals surface area contributed by atoms with E-state index in [0.29, 0.717) is 10.2 Å². The lowest BCUT2D eigenvalue weighted by Gasteiger charge is -2.23. The summed E-state index contributed by atoms with van der Waals surface area (Å²) >= 11 is 0.983. The van der Waals surface area contributed by atoms with Crippen molar-refractivity contribution in [2.75, 3.05) is 4.90 Å². The molecule has 1 aliphatic heterocycles. The first-order chi connectivity index (χ1) is 15.8. The van der Waals surface area contributed by atoms with E-state index in [0.717, 1.165) is 34.4 Å². The van der Waals surface area contributed by atoms with Crippen LogP contribution in [0.15, 0.2) is 72.3 Å². The van der Waals surface area contributed by atoms with Gasteiger partial charge in [0.2, 0.25) is 0 Å². The number of thiazole rings is 1. The number of fused-ring (bicyclic) bond motifs is 1. The highest BCUT2D eigenvalue weighted by Crippen LogP contribution is 2.44. The number of aromatic nitrogens is 1. The van der Waals surface area contributed by atoms with E-state index in [1.54, 1.807) is 0 Å². The van der Waals surface area contributed by atoms with Crippen LogP contribution in [0.1, 0.15) is 17.2 Å². The van der Waals surface area contributed by atoms with Crippen molar-refractivity contribution in [1.82, 2.24) is 4.98 Å². The zero-order valence-corrected chi connectivity index (χ0v) is 17.4. The molecule has 2 heterocycles. The Balaban J connectivity index is 1.74. The van der Waals surface area contributed by atoms with Crippen LogP contribution in [-0.2, 0) is 9.59 Å². The van der Waals surface area contributed by atoms with Crippen molar-refractivity contribution in [3.8, 4) is 0 Å². The summed E-state index contributed by atoms with van der Waals surface area (Å²) in [6, 6.07) is 12.7. The van der Waals surface area contributed by atoms with Gasteiger partial charge in [-0.2, -0.15) is 0 Å². The first-order valence-corrected chi connectivity index (χ1v) is 10.5. The number of aliphatic hydroxyl groups excluding tert-OH is 1. The molecule has 0 radical (unpaired) electrons. The fraction of sp³-hybridized carbons (Fsp3) is 0.0417. The highest BCUT2D eigenvalue weighted by Gasteiger charge is 2.48. The van der Waals surface area contributed by atoms with Crippen LogP contribution in [0.3, 0.4) is 0 Å². The number of nitrogens with zero attached hydrogens (tertiary/aromatic N) is 2. The molecule has 0 spiro atoms. The number of carbonyl (C=O) groups excluding carboxylic acids is 2. The number of carbonyl (C=O) groups is 2. The molecular formula is C24H13F3N2O3S. The fourth-order valence-corrected chi connectivity index (χ4v) is 4.79. The van der Waals surface area contributed by atoms with Crippen molar-refractivity contribution < 1.29 is 27.9 Å². The van der Waals surface area contributed by atoms with E-state index in [1.807, 2.05) is 0 Å². The average Bonchev–Trinajstić information content (AvgIpc) is 3.32. The van der Waals surface area contributed by atoms with Crippen LogP contribution in [0, 0.1) is 17.5 Å². The molecule has 0 aliphatic carbocycles. The second kappa shape index (κ2) is 7.86. The summed E-state index contributed by atoms with van der Waals surface area (Å²) in [6.07, 6.45) is 0. The molecule has 1 aliphatic rings. The zero-order chi connectivity index (χ0) is 23.3. The van der Waals surface area contributed by atoms with Crippen molar-refractivity contribution >= 4 is 44.1 Å². The first-order valence-electron chi connectivity index (χ1n) is 9.72. The lowest BCUT2D eigenvalue weighted by Crippen LogP contribution is -2.29. The Bertz CT molecular complexity index is 1460. The number of hydrogen-bond donors (Lipinski definition) is 1. The quantitative estimate of drug-likeness (QED) is 0.251. The predicted octanol–water partition coefficient (Wildman–Crippen LogP) is 5.34. The van der Waals surface area contributed by atoms with Gasteiger partial charge in [-0.3, -0.25) is 14.5 Å². The molecule has 1 amide bonds. The third-order valence-electron chi connectivity index (χ3n) is 5.27. The molecule has 0 saturated carbocycles. The number of anilines is 1. The summed E-state index contributed by atoms with van der Waals surface area (Å²) in [5, 5.41) is 11.0. The number of hydrogen-bond acceptors (Lipinski definition) is 5. The van der Waals surface area contributed by atoms with Crippen molar-refractivity contribution in [2.45, 2.75) is 6.04 Å². The third-order valence-corrected chi connectivity index (χ3v) is 6.29. The van der Waals surface area contributed by atoms with E-state index in [-0.39, 0.29) is 21.8 Å². The van der Waals surface area contributed by atoms with Crippen LogP contribution in [0.2, 0.25) is 0 Å². The molecule has 4 aromatic rings. The molecule has 3 aromatic carbocycles. The summed E-state index contributed by atoms with van der Waals surface area (Å²) in [7, 11) is 0. The predicted molar refractivity (Wildman–Crippen MR) is 117 cm³/mol. The minimum Gasteiger partial charge on any atom is -0.507 e. The number of amides is 1. The van der Waals surface area contributed by atoms with E-state index in [2.05, 4.69) is 4.98 Å². The Labute approximate surface area is 189 Å². The number of halogens is 3. The zero-order valence-electron chi connectivity index (χ0n) is 16.6. The summed E-state index contributed by atoms with van der Waals surface area (Å²) in [4.78, 5) is 31.6. The molecule has 1 N–H and O–H groups in total. The maximum Gasteiger partial charge on any atom is 0.301 e. The van der Waals surface area contributed by atoms with E-state index < -0.39 is 40.9 Å². The van der Waals surface area contributed by atoms with Crippen molar-refractivity contribution in [1.29, 1.82) is 0 Å². The van der Waals surface area contributed by atoms with Gasteiger partial charge in [-0.15, -0.1) is 0 Å². The second-order valence-corrected chi connectivity index (χ2v) is 8.35. The minimum absolute atomic E-state index is 0.0881. The molecule has 1 unspecified atom stereocenters. The molecule has 5 nitrogen and oxygen atoms in total. The summed E-state index contributed by atoms with van der Waals surface area (Å²) in [5.74, 6) is -4.15. The summed E-state index contributed by atoms with van der Waals surface area (Å²) in [6.45, 7) is 0. The monoisotopic (exact) mass is 466 g/mol. The lowest BCUT2D eigenvalue weighted by atomic mass is 9.95. The van der Waals surface area contributed by atoms with Gasteiger partial charge in [0.25, 0.3) is 5.78 Å². The number of Topliss-reactive ketones (excluding diaryl/α,β-unsaturated/α-hetero) is 1. The molecule has 9 heteroatoms. The maximum atomic E-state index is 14.1. The number of ketones is 1. The average molecular weight is 466 g/mol. The van der Waals surface area contributed by atoms with Gasteiger partial charge in [0.05, 0.1) is 21.8 Å². The van der Waals surface area contributed by atoms with Crippen LogP contribution < -0.4 is 4.90 Å². The molecule has 33 heavy (non-hydrogen) atoms. The summed E-state index contributed by atoms with van der Waals surface area (Å²) < 4.78 is 41.6. The van der Waals surface area contributed by atoms with Crippen LogP contribution in [0.4, 0.5) is 18.3 Å². The molecule has 1 saturated heterocycles. The molecular weight excluding hydrogens is 453 g/mol. The van der Waals surface area contributed by atoms with Crippen molar-refractivity contribution in [3.63, 3.8) is 0 Å². The SMILES string of the molecule is O=C1C(=O)N(c2nc3ccc(F)cc3s2)C(c2cccc(F)c2)/C1=C(\O)c1ccc(F)cc1. The lowest BCUT2D eigenvalue weighted by molar-refractivity contribution is -0.132. The van der Waals surface area contributed by atoms with Gasteiger partial charge < -0.3 is 5.11 Å². The maximum absolute atomic E-state index is 14.1. The minimum atomic E-state index is -1.20. The highest BCUT2D eigenvalue weighted by molar-refractivity contribution is 7.22. The second-order valence-electron chi connectivity index (χ2n) is 7.34. The van der Waals surface area contributed by atoms with Crippen LogP contribution in [0.5, 0.6) is 0 Å². The normalized spacial score (nSPS) is 17.8. The van der Waals surface area contributed by atoms with Crippen LogP contribution in [-0.4, -0.2) is 21.8 Å². The highest BCUT2D eigenvalue weighted by atomic mass is 32.1. The Morgan fingerprint density at radius 1 is 0.909 bits per heavy atom. The van der Waals surface area contributed by atoms with Gasteiger partial charge in [0.1, 0.15) is 23.2 Å². The van der Waals surface area contributed by atoms with E-state index in [9.17, 15) is 27.9 Å². The number of rotatable bonds is 3. The largest absolute Gasteiger partial charge is 0.507 e. The molecule has 0 bridgehead atoms. The van der Waals surface area contributed by atoms with Gasteiger partial charge >= 0.3 is 5.91 Å². The topological polar surface area (TPSA) is 70.5 Å². The first kappa shape index (κ1) is 20.9. The number of benzene rings is 3. The Hall–Kier alpha value is -3.98. The third kappa shape index (κ3) is 3.56. The van der Waals surface area contributed by atoms with E-state index in [4.69, 9.17) is 0 Å². The number of aliphatic hydroxyl groups is 1. The van der Waals surface area contributed by atoms with Crippen molar-refractivity contribution in [2.24, 2.45) is 0 Å². The van der Waals surface area contributed by atoms with E-state index >= 15 is 0 Å². The molecule has 1 atom stereocenters. The van der Waals surface area contributed by atoms with Crippen LogP contribution >= 0.6 is 11.3 Å². The Morgan fingerprint density at radius 3 is 2.33 bits per heavy atom. The van der Waals surface area contributed by atoms with Crippen molar-refractivity contribution in [3.05, 3.63) is 101 Å². The smallest absolute Gasteiger partial charge is 0.301 e. The fourth-order valence-electron chi connectivity index (χ4n) is 3.77. The molecule has 164 valence electrons. The Kier molecular flexibility index (Phi) is 4.98. The molecule has 5 rings (SSSR count).